The molecule has 0 atom stereocenters. The second kappa shape index (κ2) is 5.24. The van der Waals surface area contributed by atoms with E-state index in [0.717, 1.165) is 6.42 Å². The van der Waals surface area contributed by atoms with Crippen LogP contribution in [0.2, 0.25) is 0 Å². The lowest BCUT2D eigenvalue weighted by atomic mass is 10.2. The Hall–Kier alpha value is -1.55. The summed E-state index contributed by atoms with van der Waals surface area (Å²) in [5.41, 5.74) is 10.9. The molecule has 4 nitrogen and oxygen atoms in total. The molecule has 1 rings (SSSR count). The SMILES string of the molecule is NCCCOc1cccc(C(N)=O)c1. The van der Waals surface area contributed by atoms with Crippen LogP contribution in [0.4, 0.5) is 0 Å². The van der Waals surface area contributed by atoms with E-state index in [4.69, 9.17) is 16.2 Å². The molecular formula is C10H14N2O2. The zero-order valence-corrected chi connectivity index (χ0v) is 7.90. The highest BCUT2D eigenvalue weighted by Gasteiger charge is 2.01. The highest BCUT2D eigenvalue weighted by molar-refractivity contribution is 5.93. The van der Waals surface area contributed by atoms with Crippen LogP contribution < -0.4 is 16.2 Å². The minimum absolute atomic E-state index is 0.450. The molecule has 14 heavy (non-hydrogen) atoms. The van der Waals surface area contributed by atoms with Crippen molar-refractivity contribution in [3.63, 3.8) is 0 Å². The van der Waals surface area contributed by atoms with Crippen LogP contribution in [0.25, 0.3) is 0 Å². The predicted molar refractivity (Wildman–Crippen MR) is 54.1 cm³/mol. The molecule has 0 fully saturated rings. The van der Waals surface area contributed by atoms with Crippen LogP contribution in [-0.4, -0.2) is 19.1 Å². The van der Waals surface area contributed by atoms with Crippen LogP contribution in [0.5, 0.6) is 5.75 Å². The van der Waals surface area contributed by atoms with Crippen molar-refractivity contribution in [2.75, 3.05) is 13.2 Å². The van der Waals surface area contributed by atoms with Crippen LogP contribution in [0.3, 0.4) is 0 Å². The fourth-order valence-electron chi connectivity index (χ4n) is 1.01. The Morgan fingerprint density at radius 1 is 1.43 bits per heavy atom. The minimum atomic E-state index is -0.450. The molecule has 0 radical (unpaired) electrons. The van der Waals surface area contributed by atoms with Crippen molar-refractivity contribution < 1.29 is 9.53 Å². The van der Waals surface area contributed by atoms with Gasteiger partial charge in [-0.3, -0.25) is 4.79 Å². The minimum Gasteiger partial charge on any atom is -0.494 e. The summed E-state index contributed by atoms with van der Waals surface area (Å²) in [6, 6.07) is 6.79. The number of hydrogen-bond donors (Lipinski definition) is 2. The third kappa shape index (κ3) is 3.06. The van der Waals surface area contributed by atoms with Crippen molar-refractivity contribution in [3.05, 3.63) is 29.8 Å². The topological polar surface area (TPSA) is 78.3 Å². The zero-order chi connectivity index (χ0) is 10.4. The monoisotopic (exact) mass is 194 g/mol. The lowest BCUT2D eigenvalue weighted by Gasteiger charge is -2.05. The molecule has 1 aromatic rings. The van der Waals surface area contributed by atoms with Crippen molar-refractivity contribution in [3.8, 4) is 5.75 Å². The second-order valence-corrected chi connectivity index (χ2v) is 2.88. The molecule has 4 N–H and O–H groups in total. The normalized spacial score (nSPS) is 9.79. The summed E-state index contributed by atoms with van der Waals surface area (Å²) in [6.07, 6.45) is 0.792. The molecule has 1 aromatic carbocycles. The van der Waals surface area contributed by atoms with Crippen LogP contribution in [0, 0.1) is 0 Å². The first-order valence-corrected chi connectivity index (χ1v) is 4.47. The summed E-state index contributed by atoms with van der Waals surface area (Å²) in [5, 5.41) is 0. The molecular weight excluding hydrogens is 180 g/mol. The quantitative estimate of drug-likeness (QED) is 0.670. The lowest BCUT2D eigenvalue weighted by molar-refractivity contribution is 0.1000. The molecule has 4 heteroatoms. The highest BCUT2D eigenvalue weighted by Crippen LogP contribution is 2.12. The molecule has 0 aliphatic carbocycles. The van der Waals surface area contributed by atoms with Crippen LogP contribution in [0.15, 0.2) is 24.3 Å². The van der Waals surface area contributed by atoms with Gasteiger partial charge in [-0.1, -0.05) is 6.07 Å². The summed E-state index contributed by atoms with van der Waals surface area (Å²) < 4.78 is 5.35. The fraction of sp³-hybridized carbons (Fsp3) is 0.300. The van der Waals surface area contributed by atoms with E-state index in [1.165, 1.54) is 0 Å². The number of amides is 1. The molecule has 0 unspecified atom stereocenters. The molecule has 0 aliphatic heterocycles. The number of benzene rings is 1. The van der Waals surface area contributed by atoms with Crippen molar-refractivity contribution in [1.29, 1.82) is 0 Å². The van der Waals surface area contributed by atoms with E-state index in [9.17, 15) is 4.79 Å². The van der Waals surface area contributed by atoms with Gasteiger partial charge in [-0.05, 0) is 31.2 Å². The maximum atomic E-state index is 10.8. The smallest absolute Gasteiger partial charge is 0.248 e. The Balaban J connectivity index is 2.59. The summed E-state index contributed by atoms with van der Waals surface area (Å²) in [5.74, 6) is 0.198. The fourth-order valence-corrected chi connectivity index (χ4v) is 1.01. The van der Waals surface area contributed by atoms with Gasteiger partial charge in [-0.2, -0.15) is 0 Å². The van der Waals surface area contributed by atoms with Gasteiger partial charge < -0.3 is 16.2 Å². The van der Waals surface area contributed by atoms with E-state index in [1.54, 1.807) is 24.3 Å². The lowest BCUT2D eigenvalue weighted by Crippen LogP contribution is -2.11. The predicted octanol–water partition coefficient (Wildman–Crippen LogP) is 0.513. The Bertz CT molecular complexity index is 313. The average Bonchev–Trinajstić information content (AvgIpc) is 2.19. The number of rotatable bonds is 5. The van der Waals surface area contributed by atoms with E-state index in [2.05, 4.69) is 0 Å². The zero-order valence-electron chi connectivity index (χ0n) is 7.90. The van der Waals surface area contributed by atoms with E-state index in [0.29, 0.717) is 24.5 Å². The number of carbonyl (C=O) groups is 1. The number of ether oxygens (including phenoxy) is 1. The van der Waals surface area contributed by atoms with Crippen LogP contribution >= 0.6 is 0 Å². The summed E-state index contributed by atoms with van der Waals surface area (Å²) >= 11 is 0. The van der Waals surface area contributed by atoms with E-state index in [1.807, 2.05) is 0 Å². The first-order chi connectivity index (χ1) is 6.74. The molecule has 0 saturated heterocycles. The first-order valence-electron chi connectivity index (χ1n) is 4.47. The second-order valence-electron chi connectivity index (χ2n) is 2.88. The third-order valence-corrected chi connectivity index (χ3v) is 1.74. The maximum Gasteiger partial charge on any atom is 0.248 e. The third-order valence-electron chi connectivity index (χ3n) is 1.74. The van der Waals surface area contributed by atoms with Crippen LogP contribution in [-0.2, 0) is 0 Å². The van der Waals surface area contributed by atoms with Gasteiger partial charge in [-0.25, -0.2) is 0 Å². The van der Waals surface area contributed by atoms with Crippen molar-refractivity contribution >= 4 is 5.91 Å². The molecule has 76 valence electrons. The van der Waals surface area contributed by atoms with Gasteiger partial charge in [0.1, 0.15) is 5.75 Å². The Labute approximate surface area is 82.8 Å². The maximum absolute atomic E-state index is 10.8. The van der Waals surface area contributed by atoms with E-state index in [-0.39, 0.29) is 0 Å². The Morgan fingerprint density at radius 2 is 2.21 bits per heavy atom. The standard InChI is InChI=1S/C10H14N2O2/c11-5-2-6-14-9-4-1-3-8(7-9)10(12)13/h1,3-4,7H,2,5-6,11H2,(H2,12,13). The van der Waals surface area contributed by atoms with Crippen LogP contribution in [0.1, 0.15) is 16.8 Å². The Morgan fingerprint density at radius 3 is 2.86 bits per heavy atom. The molecule has 1 amide bonds. The number of nitrogens with two attached hydrogens (primary N) is 2. The number of hydrogen-bond acceptors (Lipinski definition) is 3. The van der Waals surface area contributed by atoms with Crippen molar-refractivity contribution in [1.82, 2.24) is 0 Å². The largest absolute Gasteiger partial charge is 0.494 e. The summed E-state index contributed by atoms with van der Waals surface area (Å²) in [4.78, 5) is 10.8. The van der Waals surface area contributed by atoms with E-state index >= 15 is 0 Å². The van der Waals surface area contributed by atoms with Gasteiger partial charge in [0.05, 0.1) is 6.61 Å². The summed E-state index contributed by atoms with van der Waals surface area (Å²) in [6.45, 7) is 1.15. The molecule has 0 saturated carbocycles. The van der Waals surface area contributed by atoms with Crippen molar-refractivity contribution in [2.24, 2.45) is 11.5 Å². The number of carbonyl (C=O) groups excluding carboxylic acids is 1. The van der Waals surface area contributed by atoms with Gasteiger partial charge in [0.15, 0.2) is 0 Å². The van der Waals surface area contributed by atoms with Gasteiger partial charge in [0, 0.05) is 5.56 Å². The van der Waals surface area contributed by atoms with Gasteiger partial charge in [-0.15, -0.1) is 0 Å². The van der Waals surface area contributed by atoms with Gasteiger partial charge >= 0.3 is 0 Å². The van der Waals surface area contributed by atoms with Gasteiger partial charge in [0.2, 0.25) is 5.91 Å². The molecule has 0 heterocycles. The molecule has 0 aromatic heterocycles. The van der Waals surface area contributed by atoms with Crippen molar-refractivity contribution in [2.45, 2.75) is 6.42 Å². The molecule has 0 spiro atoms. The number of primary amides is 1. The Kier molecular flexibility index (Phi) is 3.94. The highest BCUT2D eigenvalue weighted by atomic mass is 16.5. The van der Waals surface area contributed by atoms with Gasteiger partial charge in [0.25, 0.3) is 0 Å². The van der Waals surface area contributed by atoms with E-state index < -0.39 is 5.91 Å². The average molecular weight is 194 g/mol. The first kappa shape index (κ1) is 10.5. The molecule has 0 aliphatic rings. The molecule has 0 bridgehead atoms. The summed E-state index contributed by atoms with van der Waals surface area (Å²) in [7, 11) is 0.